The zero-order valence-electron chi connectivity index (χ0n) is 7.06. The Morgan fingerprint density at radius 1 is 1.54 bits per heavy atom. The van der Waals surface area contributed by atoms with Crippen LogP contribution in [0.25, 0.3) is 0 Å². The minimum absolute atomic E-state index is 0.139. The molecule has 0 aliphatic carbocycles. The lowest BCUT2D eigenvalue weighted by molar-refractivity contribution is -0.0812. The molecule has 5 heteroatoms. The molecule has 3 N–H and O–H groups in total. The third-order valence-electron chi connectivity index (χ3n) is 1.77. The molecular weight excluding hydrogens is 170 g/mol. The lowest BCUT2D eigenvalue weighted by Gasteiger charge is -2.26. The van der Waals surface area contributed by atoms with E-state index in [1.807, 2.05) is 6.07 Å². The molecule has 1 aliphatic rings. The third-order valence-corrected chi connectivity index (χ3v) is 1.77. The molecule has 2 heterocycles. The molecule has 2 rings (SSSR count). The van der Waals surface area contributed by atoms with E-state index in [4.69, 9.17) is 15.3 Å². The first kappa shape index (κ1) is 8.28. The highest BCUT2D eigenvalue weighted by Gasteiger charge is 2.20. The summed E-state index contributed by atoms with van der Waals surface area (Å²) in [5, 5.41) is 0. The highest BCUT2D eigenvalue weighted by Crippen LogP contribution is 2.14. The van der Waals surface area contributed by atoms with Gasteiger partial charge in [-0.1, -0.05) is 6.07 Å². The van der Waals surface area contributed by atoms with E-state index >= 15 is 0 Å². The van der Waals surface area contributed by atoms with Gasteiger partial charge in [-0.25, -0.2) is 5.84 Å². The van der Waals surface area contributed by atoms with E-state index in [9.17, 15) is 0 Å². The van der Waals surface area contributed by atoms with Crippen LogP contribution in [0.4, 0.5) is 5.82 Å². The van der Waals surface area contributed by atoms with Crippen LogP contribution in [-0.4, -0.2) is 24.3 Å². The Bertz CT molecular complexity index is 288. The molecule has 1 aliphatic heterocycles. The topological polar surface area (TPSA) is 69.4 Å². The monoisotopic (exact) mass is 181 g/mol. The molecule has 1 aromatic heterocycles. The molecule has 0 atom stereocenters. The summed E-state index contributed by atoms with van der Waals surface area (Å²) in [6, 6.07) is 5.39. The first-order valence-corrected chi connectivity index (χ1v) is 4.06. The first-order chi connectivity index (χ1) is 6.38. The standard InChI is InChI=1S/C8H11N3O2/c9-11-7-2-1-3-8(10-7)13-6-4-12-5-6/h1-3,6H,4-5,9H2,(H,10,11). The smallest absolute Gasteiger partial charge is 0.215 e. The number of ether oxygens (including phenoxy) is 2. The summed E-state index contributed by atoms with van der Waals surface area (Å²) in [6.45, 7) is 1.28. The first-order valence-electron chi connectivity index (χ1n) is 4.06. The van der Waals surface area contributed by atoms with Crippen LogP contribution >= 0.6 is 0 Å². The van der Waals surface area contributed by atoms with Crippen LogP contribution in [0.2, 0.25) is 0 Å². The van der Waals surface area contributed by atoms with Crippen LogP contribution in [0.1, 0.15) is 0 Å². The minimum Gasteiger partial charge on any atom is -0.469 e. The van der Waals surface area contributed by atoms with Crippen molar-refractivity contribution in [2.75, 3.05) is 18.6 Å². The molecule has 1 aromatic rings. The number of anilines is 1. The number of rotatable bonds is 3. The SMILES string of the molecule is NNc1cccc(OC2COC2)n1. The molecule has 0 unspecified atom stereocenters. The summed E-state index contributed by atoms with van der Waals surface area (Å²) in [5.74, 6) is 6.37. The normalized spacial score (nSPS) is 16.4. The molecular formula is C8H11N3O2. The van der Waals surface area contributed by atoms with Crippen molar-refractivity contribution in [1.82, 2.24) is 4.98 Å². The molecule has 0 bridgehead atoms. The number of hydrazine groups is 1. The molecule has 0 saturated carbocycles. The number of aromatic nitrogens is 1. The predicted molar refractivity (Wildman–Crippen MR) is 47.3 cm³/mol. The van der Waals surface area contributed by atoms with Gasteiger partial charge < -0.3 is 14.9 Å². The lowest BCUT2D eigenvalue weighted by Crippen LogP contribution is -2.38. The maximum Gasteiger partial charge on any atom is 0.215 e. The zero-order valence-corrected chi connectivity index (χ0v) is 7.06. The van der Waals surface area contributed by atoms with Crippen LogP contribution in [-0.2, 0) is 4.74 Å². The Morgan fingerprint density at radius 2 is 2.38 bits per heavy atom. The highest BCUT2D eigenvalue weighted by atomic mass is 16.6. The number of pyridine rings is 1. The molecule has 1 saturated heterocycles. The fraction of sp³-hybridized carbons (Fsp3) is 0.375. The summed E-state index contributed by atoms with van der Waals surface area (Å²) < 4.78 is 10.4. The lowest BCUT2D eigenvalue weighted by atomic mass is 10.3. The summed E-state index contributed by atoms with van der Waals surface area (Å²) in [5.41, 5.74) is 2.45. The second-order valence-electron chi connectivity index (χ2n) is 2.78. The summed E-state index contributed by atoms with van der Waals surface area (Å²) in [6.07, 6.45) is 0.139. The molecule has 70 valence electrons. The summed E-state index contributed by atoms with van der Waals surface area (Å²) in [7, 11) is 0. The van der Waals surface area contributed by atoms with Crippen molar-refractivity contribution >= 4 is 5.82 Å². The second-order valence-corrected chi connectivity index (χ2v) is 2.78. The van der Waals surface area contributed by atoms with Crippen LogP contribution in [0.15, 0.2) is 18.2 Å². The van der Waals surface area contributed by atoms with Crippen molar-refractivity contribution in [3.63, 3.8) is 0 Å². The summed E-state index contributed by atoms with van der Waals surface area (Å²) >= 11 is 0. The van der Waals surface area contributed by atoms with E-state index in [0.29, 0.717) is 24.9 Å². The van der Waals surface area contributed by atoms with E-state index < -0.39 is 0 Å². The number of hydrogen-bond donors (Lipinski definition) is 2. The van der Waals surface area contributed by atoms with Gasteiger partial charge in [-0.2, -0.15) is 4.98 Å². The Morgan fingerprint density at radius 3 is 3.00 bits per heavy atom. The Balaban J connectivity index is 2.01. The van der Waals surface area contributed by atoms with Crippen molar-refractivity contribution in [3.05, 3.63) is 18.2 Å². The number of hydrogen-bond acceptors (Lipinski definition) is 5. The molecule has 1 fully saturated rings. The molecule has 0 spiro atoms. The van der Waals surface area contributed by atoms with Gasteiger partial charge in [0.1, 0.15) is 11.9 Å². The van der Waals surface area contributed by atoms with Crippen LogP contribution < -0.4 is 16.0 Å². The van der Waals surface area contributed by atoms with E-state index in [-0.39, 0.29) is 6.10 Å². The van der Waals surface area contributed by atoms with Crippen molar-refractivity contribution < 1.29 is 9.47 Å². The highest BCUT2D eigenvalue weighted by molar-refractivity contribution is 5.35. The van der Waals surface area contributed by atoms with Gasteiger partial charge in [-0.15, -0.1) is 0 Å². The third kappa shape index (κ3) is 1.88. The van der Waals surface area contributed by atoms with Gasteiger partial charge in [0.2, 0.25) is 5.88 Å². The van der Waals surface area contributed by atoms with Crippen molar-refractivity contribution in [1.29, 1.82) is 0 Å². The Labute approximate surface area is 75.8 Å². The van der Waals surface area contributed by atoms with Gasteiger partial charge in [0.25, 0.3) is 0 Å². The second kappa shape index (κ2) is 3.59. The van der Waals surface area contributed by atoms with E-state index in [2.05, 4.69) is 10.4 Å². The largest absolute Gasteiger partial charge is 0.469 e. The van der Waals surface area contributed by atoms with Crippen LogP contribution in [0, 0.1) is 0 Å². The quantitative estimate of drug-likeness (QED) is 0.513. The molecule has 13 heavy (non-hydrogen) atoms. The number of nitrogens with one attached hydrogen (secondary N) is 1. The zero-order chi connectivity index (χ0) is 9.10. The number of nitrogen functional groups attached to an aromatic ring is 1. The Kier molecular flexibility index (Phi) is 2.29. The maximum atomic E-state index is 5.46. The minimum atomic E-state index is 0.139. The van der Waals surface area contributed by atoms with Gasteiger partial charge in [0, 0.05) is 6.07 Å². The average molecular weight is 181 g/mol. The van der Waals surface area contributed by atoms with Gasteiger partial charge >= 0.3 is 0 Å². The summed E-state index contributed by atoms with van der Waals surface area (Å²) in [4.78, 5) is 4.10. The van der Waals surface area contributed by atoms with Gasteiger partial charge in [-0.05, 0) is 6.07 Å². The molecule has 0 radical (unpaired) electrons. The van der Waals surface area contributed by atoms with E-state index in [1.54, 1.807) is 12.1 Å². The van der Waals surface area contributed by atoms with Crippen molar-refractivity contribution in [2.45, 2.75) is 6.10 Å². The van der Waals surface area contributed by atoms with Crippen LogP contribution in [0.5, 0.6) is 5.88 Å². The van der Waals surface area contributed by atoms with Gasteiger partial charge in [0.05, 0.1) is 13.2 Å². The molecule has 0 aromatic carbocycles. The average Bonchev–Trinajstić information content (AvgIpc) is 2.12. The van der Waals surface area contributed by atoms with Crippen LogP contribution in [0.3, 0.4) is 0 Å². The van der Waals surface area contributed by atoms with Crippen molar-refractivity contribution in [2.24, 2.45) is 5.84 Å². The number of nitrogens with zero attached hydrogens (tertiary/aromatic N) is 1. The van der Waals surface area contributed by atoms with Gasteiger partial charge in [0.15, 0.2) is 0 Å². The van der Waals surface area contributed by atoms with Crippen molar-refractivity contribution in [3.8, 4) is 5.88 Å². The predicted octanol–water partition coefficient (Wildman–Crippen LogP) is 0.145. The number of nitrogens with two attached hydrogens (primary N) is 1. The van der Waals surface area contributed by atoms with Gasteiger partial charge in [-0.3, -0.25) is 0 Å². The molecule has 0 amide bonds. The van der Waals surface area contributed by atoms with E-state index in [0.717, 1.165) is 0 Å². The Hall–Kier alpha value is -1.33. The fourth-order valence-corrected chi connectivity index (χ4v) is 1.01. The van der Waals surface area contributed by atoms with E-state index in [1.165, 1.54) is 0 Å². The maximum absolute atomic E-state index is 5.46. The molecule has 5 nitrogen and oxygen atoms in total. The fourth-order valence-electron chi connectivity index (χ4n) is 1.01.